The van der Waals surface area contributed by atoms with E-state index in [-0.39, 0.29) is 12.0 Å². The van der Waals surface area contributed by atoms with Crippen molar-refractivity contribution < 1.29 is 9.84 Å². The largest absolute Gasteiger partial charge is 0.481 e. The van der Waals surface area contributed by atoms with E-state index in [1.165, 1.54) is 0 Å². The normalized spacial score (nSPS) is 9.44. The second-order valence-corrected chi connectivity index (χ2v) is 2.47. The van der Waals surface area contributed by atoms with E-state index in [9.17, 15) is 0 Å². The van der Waals surface area contributed by atoms with Gasteiger partial charge in [-0.3, -0.25) is 0 Å². The Kier molecular flexibility index (Phi) is 3.13. The average Bonchev–Trinajstić information content (AvgIpc) is 1.63. The topological polar surface area (TPSA) is 29.5 Å². The van der Waals surface area contributed by atoms with E-state index in [0.29, 0.717) is 0 Å². The number of ether oxygens (including phenoxy) is 1. The molecule has 2 nitrogen and oxygen atoms in total. The SMILES string of the molecule is CC(C)=C(O)OC(C)C. The van der Waals surface area contributed by atoms with Gasteiger partial charge in [-0.05, 0) is 27.7 Å². The van der Waals surface area contributed by atoms with Gasteiger partial charge >= 0.3 is 0 Å². The van der Waals surface area contributed by atoms with Crippen LogP contribution in [0.1, 0.15) is 27.7 Å². The molecule has 0 saturated carbocycles. The highest BCUT2D eigenvalue weighted by atomic mass is 16.6. The summed E-state index contributed by atoms with van der Waals surface area (Å²) in [5.41, 5.74) is 0.809. The Bertz CT molecular complexity index is 110. The minimum atomic E-state index is 0.0463. The molecule has 0 aromatic carbocycles. The number of aliphatic hydroxyl groups excluding tert-OH is 1. The summed E-state index contributed by atoms with van der Waals surface area (Å²) in [6.45, 7) is 7.35. The first kappa shape index (κ1) is 8.34. The highest BCUT2D eigenvalue weighted by Crippen LogP contribution is 2.03. The van der Waals surface area contributed by atoms with Gasteiger partial charge < -0.3 is 9.84 Å². The van der Waals surface area contributed by atoms with Crippen LogP contribution in [0.25, 0.3) is 0 Å². The molecule has 0 bridgehead atoms. The molecule has 0 aliphatic rings. The van der Waals surface area contributed by atoms with Crippen LogP contribution in [0.3, 0.4) is 0 Å². The Labute approximate surface area is 56.1 Å². The van der Waals surface area contributed by atoms with E-state index < -0.39 is 0 Å². The molecule has 9 heavy (non-hydrogen) atoms. The fourth-order valence-electron chi connectivity index (χ4n) is 0.341. The van der Waals surface area contributed by atoms with Crippen molar-refractivity contribution in [2.45, 2.75) is 33.8 Å². The Balaban J connectivity index is 3.77. The molecule has 0 aliphatic carbocycles. The summed E-state index contributed by atoms with van der Waals surface area (Å²) in [6.07, 6.45) is 0.0555. The van der Waals surface area contributed by atoms with Gasteiger partial charge in [0.2, 0.25) is 0 Å². The zero-order valence-corrected chi connectivity index (χ0v) is 6.43. The maximum atomic E-state index is 8.95. The predicted molar refractivity (Wildman–Crippen MR) is 37.2 cm³/mol. The molecule has 0 aliphatic heterocycles. The second kappa shape index (κ2) is 3.38. The van der Waals surface area contributed by atoms with E-state index in [2.05, 4.69) is 0 Å². The third-order valence-corrected chi connectivity index (χ3v) is 0.775. The zero-order chi connectivity index (χ0) is 7.44. The van der Waals surface area contributed by atoms with Gasteiger partial charge in [-0.2, -0.15) is 0 Å². The lowest BCUT2D eigenvalue weighted by atomic mass is 10.4. The molecular formula is C7H14O2. The van der Waals surface area contributed by atoms with Crippen molar-refractivity contribution in [1.82, 2.24) is 0 Å². The molecule has 0 fully saturated rings. The Hall–Kier alpha value is -0.660. The zero-order valence-electron chi connectivity index (χ0n) is 6.43. The van der Waals surface area contributed by atoms with Crippen molar-refractivity contribution in [2.75, 3.05) is 0 Å². The number of rotatable bonds is 2. The highest BCUT2D eigenvalue weighted by molar-refractivity contribution is 4.93. The van der Waals surface area contributed by atoms with Crippen LogP contribution in [0.4, 0.5) is 0 Å². The van der Waals surface area contributed by atoms with Crippen molar-refractivity contribution in [3.63, 3.8) is 0 Å². The van der Waals surface area contributed by atoms with Gasteiger partial charge in [-0.15, -0.1) is 0 Å². The first-order valence-electron chi connectivity index (χ1n) is 3.07. The summed E-state index contributed by atoms with van der Waals surface area (Å²) >= 11 is 0. The molecule has 54 valence electrons. The van der Waals surface area contributed by atoms with Gasteiger partial charge in [0, 0.05) is 5.57 Å². The lowest BCUT2D eigenvalue weighted by molar-refractivity contribution is 0.0485. The molecule has 2 heteroatoms. The van der Waals surface area contributed by atoms with Crippen LogP contribution in [0.15, 0.2) is 11.5 Å². The summed E-state index contributed by atoms with van der Waals surface area (Å²) in [5.74, 6) is 0.0463. The Morgan fingerprint density at radius 3 is 1.89 bits per heavy atom. The molecule has 0 atom stereocenters. The third kappa shape index (κ3) is 3.88. The molecule has 0 radical (unpaired) electrons. The maximum absolute atomic E-state index is 8.95. The van der Waals surface area contributed by atoms with Gasteiger partial charge in [0.05, 0.1) is 6.10 Å². The van der Waals surface area contributed by atoms with E-state index in [1.807, 2.05) is 13.8 Å². The van der Waals surface area contributed by atoms with E-state index in [1.54, 1.807) is 13.8 Å². The fraction of sp³-hybridized carbons (Fsp3) is 0.714. The number of allylic oxidation sites excluding steroid dienone is 1. The smallest absolute Gasteiger partial charge is 0.275 e. The molecule has 0 spiro atoms. The first-order chi connectivity index (χ1) is 4.04. The lowest BCUT2D eigenvalue weighted by Gasteiger charge is -2.08. The summed E-state index contributed by atoms with van der Waals surface area (Å²) in [7, 11) is 0. The molecule has 0 unspecified atom stereocenters. The van der Waals surface area contributed by atoms with E-state index in [0.717, 1.165) is 5.57 Å². The van der Waals surface area contributed by atoms with E-state index >= 15 is 0 Å². The number of hydrogen-bond donors (Lipinski definition) is 1. The molecule has 1 N–H and O–H groups in total. The van der Waals surface area contributed by atoms with Crippen LogP contribution >= 0.6 is 0 Å². The summed E-state index contributed by atoms with van der Waals surface area (Å²) in [4.78, 5) is 0. The van der Waals surface area contributed by atoms with Crippen molar-refractivity contribution in [1.29, 1.82) is 0 Å². The van der Waals surface area contributed by atoms with Crippen molar-refractivity contribution in [3.8, 4) is 0 Å². The standard InChI is InChI=1S/C7H14O2/c1-5(2)7(8)9-6(3)4/h6,8H,1-4H3. The predicted octanol–water partition coefficient (Wildman–Crippen LogP) is 2.22. The lowest BCUT2D eigenvalue weighted by Crippen LogP contribution is -2.02. The van der Waals surface area contributed by atoms with Crippen molar-refractivity contribution in [3.05, 3.63) is 11.5 Å². The van der Waals surface area contributed by atoms with Gasteiger partial charge in [-0.1, -0.05) is 0 Å². The quantitative estimate of drug-likeness (QED) is 0.581. The minimum Gasteiger partial charge on any atom is -0.481 e. The minimum absolute atomic E-state index is 0.0463. The second-order valence-electron chi connectivity index (χ2n) is 2.47. The van der Waals surface area contributed by atoms with Crippen LogP contribution in [0.2, 0.25) is 0 Å². The van der Waals surface area contributed by atoms with Crippen LogP contribution in [0, 0.1) is 0 Å². The highest BCUT2D eigenvalue weighted by Gasteiger charge is 1.98. The summed E-state index contributed by atoms with van der Waals surface area (Å²) in [6, 6.07) is 0. The van der Waals surface area contributed by atoms with Gasteiger partial charge in [0.1, 0.15) is 0 Å². The Morgan fingerprint density at radius 1 is 1.33 bits per heavy atom. The molecule has 0 heterocycles. The van der Waals surface area contributed by atoms with E-state index in [4.69, 9.17) is 9.84 Å². The van der Waals surface area contributed by atoms with Crippen LogP contribution in [0.5, 0.6) is 0 Å². The average molecular weight is 130 g/mol. The Morgan fingerprint density at radius 2 is 1.78 bits per heavy atom. The van der Waals surface area contributed by atoms with Gasteiger partial charge in [-0.25, -0.2) is 0 Å². The first-order valence-corrected chi connectivity index (χ1v) is 3.07. The summed E-state index contributed by atoms with van der Waals surface area (Å²) < 4.78 is 4.95. The molecule has 0 aromatic rings. The molecule has 0 amide bonds. The number of hydrogen-bond acceptors (Lipinski definition) is 2. The molecular weight excluding hydrogens is 116 g/mol. The number of aliphatic hydroxyl groups is 1. The third-order valence-electron chi connectivity index (χ3n) is 0.775. The maximum Gasteiger partial charge on any atom is 0.275 e. The van der Waals surface area contributed by atoms with Gasteiger partial charge in [0.25, 0.3) is 5.95 Å². The van der Waals surface area contributed by atoms with Gasteiger partial charge in [0.15, 0.2) is 0 Å². The van der Waals surface area contributed by atoms with Crippen molar-refractivity contribution >= 4 is 0 Å². The molecule has 0 saturated heterocycles. The molecule has 0 aromatic heterocycles. The summed E-state index contributed by atoms with van der Waals surface area (Å²) in [5, 5.41) is 8.95. The molecule has 0 rings (SSSR count). The monoisotopic (exact) mass is 130 g/mol. The van der Waals surface area contributed by atoms with Crippen LogP contribution < -0.4 is 0 Å². The fourth-order valence-corrected chi connectivity index (χ4v) is 0.341. The van der Waals surface area contributed by atoms with Crippen molar-refractivity contribution in [2.24, 2.45) is 0 Å². The van der Waals surface area contributed by atoms with Crippen LogP contribution in [-0.4, -0.2) is 11.2 Å². The van der Waals surface area contributed by atoms with Crippen LogP contribution in [-0.2, 0) is 4.74 Å².